The molecule has 0 aliphatic rings. The number of rotatable bonds is 3. The van der Waals surface area contributed by atoms with Gasteiger partial charge in [0, 0.05) is 5.56 Å². The number of carbonyl (C=O) groups is 1. The normalized spacial score (nSPS) is 10.3. The number of nitrogens with two attached hydrogens (primary N) is 2. The minimum Gasteiger partial charge on any atom is -0.397 e. The second-order valence-corrected chi connectivity index (χ2v) is 4.01. The zero-order valence-electron chi connectivity index (χ0n) is 10.1. The van der Waals surface area contributed by atoms with Crippen LogP contribution in [0.2, 0.25) is 0 Å². The molecule has 0 aliphatic heterocycles. The summed E-state index contributed by atoms with van der Waals surface area (Å²) in [6.07, 6.45) is 0. The van der Waals surface area contributed by atoms with Gasteiger partial charge in [0.1, 0.15) is 0 Å². The van der Waals surface area contributed by atoms with Gasteiger partial charge in [0.25, 0.3) is 0 Å². The molecule has 0 radical (unpaired) electrons. The van der Waals surface area contributed by atoms with E-state index in [0.29, 0.717) is 0 Å². The van der Waals surface area contributed by atoms with Crippen LogP contribution in [0.4, 0.5) is 30.2 Å². The van der Waals surface area contributed by atoms with E-state index in [4.69, 9.17) is 11.5 Å². The Morgan fingerprint density at radius 3 is 2.25 bits per heavy atom. The Hall–Kier alpha value is -2.70. The van der Waals surface area contributed by atoms with E-state index >= 15 is 0 Å². The number of carbonyl (C=O) groups excluding carboxylic acids is 1. The van der Waals surface area contributed by atoms with Gasteiger partial charge in [0.15, 0.2) is 17.5 Å². The van der Waals surface area contributed by atoms with Crippen molar-refractivity contribution in [1.82, 2.24) is 0 Å². The second kappa shape index (κ2) is 5.12. The summed E-state index contributed by atoms with van der Waals surface area (Å²) in [7, 11) is 0. The van der Waals surface area contributed by atoms with Crippen molar-refractivity contribution in [3.8, 4) is 0 Å². The van der Waals surface area contributed by atoms with Gasteiger partial charge >= 0.3 is 0 Å². The maximum absolute atomic E-state index is 13.5. The molecule has 20 heavy (non-hydrogen) atoms. The van der Waals surface area contributed by atoms with Crippen molar-refractivity contribution in [1.29, 1.82) is 0 Å². The van der Waals surface area contributed by atoms with E-state index in [-0.39, 0.29) is 22.6 Å². The van der Waals surface area contributed by atoms with E-state index in [0.717, 1.165) is 12.1 Å². The summed E-state index contributed by atoms with van der Waals surface area (Å²) in [5, 5.41) is 2.52. The molecule has 0 bridgehead atoms. The van der Waals surface area contributed by atoms with Gasteiger partial charge in [-0.15, -0.1) is 0 Å². The predicted octanol–water partition coefficient (Wildman–Crippen LogP) is 2.53. The second-order valence-electron chi connectivity index (χ2n) is 4.01. The van der Waals surface area contributed by atoms with Crippen LogP contribution in [0.1, 0.15) is 10.4 Å². The van der Waals surface area contributed by atoms with Crippen molar-refractivity contribution in [2.75, 3.05) is 11.1 Å². The van der Waals surface area contributed by atoms with E-state index in [1.54, 1.807) is 0 Å². The topological polar surface area (TPSA) is 81.1 Å². The van der Waals surface area contributed by atoms with Crippen LogP contribution in [0.5, 0.6) is 0 Å². The van der Waals surface area contributed by atoms with Crippen molar-refractivity contribution < 1.29 is 18.0 Å². The summed E-state index contributed by atoms with van der Waals surface area (Å²) >= 11 is 0. The Labute approximate surface area is 112 Å². The molecule has 0 fully saturated rings. The molecule has 0 unspecified atom stereocenters. The summed E-state index contributed by atoms with van der Waals surface area (Å²) < 4.78 is 39.4. The van der Waals surface area contributed by atoms with Crippen LogP contribution in [-0.4, -0.2) is 5.91 Å². The van der Waals surface area contributed by atoms with Gasteiger partial charge in [-0.25, -0.2) is 13.2 Å². The summed E-state index contributed by atoms with van der Waals surface area (Å²) in [5.41, 5.74) is 11.0. The van der Waals surface area contributed by atoms with Crippen molar-refractivity contribution >= 4 is 23.0 Å². The SMILES string of the molecule is NC(=O)c1ccc(Nc2ccc(F)c(F)c2F)c(N)c1. The lowest BCUT2D eigenvalue weighted by molar-refractivity contribution is 0.100. The quantitative estimate of drug-likeness (QED) is 0.597. The highest BCUT2D eigenvalue weighted by molar-refractivity contribution is 5.95. The van der Waals surface area contributed by atoms with Crippen LogP contribution >= 0.6 is 0 Å². The minimum atomic E-state index is -1.58. The number of primary amides is 1. The molecule has 1 amide bonds. The Balaban J connectivity index is 2.36. The fraction of sp³-hybridized carbons (Fsp3) is 0. The molecule has 0 saturated heterocycles. The lowest BCUT2D eigenvalue weighted by Gasteiger charge is -2.11. The molecule has 104 valence electrons. The molecule has 0 saturated carbocycles. The number of hydrogen-bond acceptors (Lipinski definition) is 3. The lowest BCUT2D eigenvalue weighted by Crippen LogP contribution is -2.11. The molecular weight excluding hydrogens is 271 g/mol. The zero-order valence-corrected chi connectivity index (χ0v) is 10.1. The number of nitrogen functional groups attached to an aromatic ring is 1. The predicted molar refractivity (Wildman–Crippen MR) is 69.0 cm³/mol. The largest absolute Gasteiger partial charge is 0.397 e. The number of amides is 1. The lowest BCUT2D eigenvalue weighted by atomic mass is 10.1. The van der Waals surface area contributed by atoms with Crippen LogP contribution in [0.3, 0.4) is 0 Å². The van der Waals surface area contributed by atoms with Gasteiger partial charge < -0.3 is 16.8 Å². The molecule has 2 aromatic rings. The van der Waals surface area contributed by atoms with E-state index < -0.39 is 23.4 Å². The first kappa shape index (κ1) is 13.7. The molecule has 4 nitrogen and oxygen atoms in total. The number of nitrogens with one attached hydrogen (secondary N) is 1. The van der Waals surface area contributed by atoms with Crippen LogP contribution in [-0.2, 0) is 0 Å². The first-order valence-corrected chi connectivity index (χ1v) is 5.50. The minimum absolute atomic E-state index is 0.116. The average molecular weight is 281 g/mol. The molecule has 2 rings (SSSR count). The number of hydrogen-bond donors (Lipinski definition) is 3. The molecule has 0 spiro atoms. The Morgan fingerprint density at radius 1 is 1.00 bits per heavy atom. The zero-order chi connectivity index (χ0) is 14.9. The third-order valence-electron chi connectivity index (χ3n) is 2.64. The fourth-order valence-corrected chi connectivity index (χ4v) is 1.60. The number of benzene rings is 2. The Morgan fingerprint density at radius 2 is 1.65 bits per heavy atom. The monoisotopic (exact) mass is 281 g/mol. The highest BCUT2D eigenvalue weighted by Gasteiger charge is 2.14. The molecule has 5 N–H and O–H groups in total. The standard InChI is InChI=1S/C13H10F3N3O/c14-7-2-4-10(12(16)11(7)15)19-9-3-1-6(13(18)20)5-8(9)17/h1-5,19H,17H2,(H2,18,20). The fourth-order valence-electron chi connectivity index (χ4n) is 1.60. The molecule has 0 atom stereocenters. The van der Waals surface area contributed by atoms with Gasteiger partial charge in [-0.05, 0) is 30.3 Å². The van der Waals surface area contributed by atoms with Crippen LogP contribution in [0.15, 0.2) is 30.3 Å². The average Bonchev–Trinajstić information content (AvgIpc) is 2.41. The molecular formula is C13H10F3N3O. The van der Waals surface area contributed by atoms with Crippen molar-refractivity contribution in [2.24, 2.45) is 5.73 Å². The van der Waals surface area contributed by atoms with Crippen LogP contribution in [0, 0.1) is 17.5 Å². The van der Waals surface area contributed by atoms with Crippen molar-refractivity contribution in [3.63, 3.8) is 0 Å². The van der Waals surface area contributed by atoms with Gasteiger partial charge in [-0.2, -0.15) is 0 Å². The Bertz CT molecular complexity index is 689. The maximum Gasteiger partial charge on any atom is 0.248 e. The van der Waals surface area contributed by atoms with Gasteiger partial charge in [-0.1, -0.05) is 0 Å². The molecule has 0 heterocycles. The summed E-state index contributed by atoms with van der Waals surface area (Å²) in [6, 6.07) is 5.88. The number of halogens is 3. The van der Waals surface area contributed by atoms with Crippen molar-refractivity contribution in [3.05, 3.63) is 53.3 Å². The van der Waals surface area contributed by atoms with Crippen LogP contribution < -0.4 is 16.8 Å². The first-order valence-electron chi connectivity index (χ1n) is 5.50. The van der Waals surface area contributed by atoms with E-state index in [9.17, 15) is 18.0 Å². The summed E-state index contributed by atoms with van der Waals surface area (Å²) in [6.45, 7) is 0. The first-order chi connectivity index (χ1) is 9.40. The van der Waals surface area contributed by atoms with Gasteiger partial charge in [-0.3, -0.25) is 4.79 Å². The maximum atomic E-state index is 13.5. The van der Waals surface area contributed by atoms with Gasteiger partial charge in [0.2, 0.25) is 5.91 Å². The van der Waals surface area contributed by atoms with E-state index in [1.165, 1.54) is 18.2 Å². The molecule has 2 aromatic carbocycles. The van der Waals surface area contributed by atoms with Crippen LogP contribution in [0.25, 0.3) is 0 Å². The van der Waals surface area contributed by atoms with E-state index in [1.807, 2.05) is 0 Å². The third kappa shape index (κ3) is 2.51. The number of anilines is 3. The highest BCUT2D eigenvalue weighted by atomic mass is 19.2. The highest BCUT2D eigenvalue weighted by Crippen LogP contribution is 2.27. The summed E-state index contributed by atoms with van der Waals surface area (Å²) in [5.74, 6) is -4.89. The van der Waals surface area contributed by atoms with Gasteiger partial charge in [0.05, 0.1) is 17.1 Å². The molecule has 0 aliphatic carbocycles. The molecule has 7 heteroatoms. The van der Waals surface area contributed by atoms with Crippen molar-refractivity contribution in [2.45, 2.75) is 0 Å². The Kier molecular flexibility index (Phi) is 3.51. The summed E-state index contributed by atoms with van der Waals surface area (Å²) in [4.78, 5) is 11.0. The third-order valence-corrected chi connectivity index (χ3v) is 2.64. The molecule has 0 aromatic heterocycles. The van der Waals surface area contributed by atoms with E-state index in [2.05, 4.69) is 5.32 Å². The smallest absolute Gasteiger partial charge is 0.248 e.